The van der Waals surface area contributed by atoms with E-state index in [0.29, 0.717) is 37.9 Å². The van der Waals surface area contributed by atoms with Crippen LogP contribution in [0.1, 0.15) is 13.8 Å². The van der Waals surface area contributed by atoms with Crippen LogP contribution in [0.5, 0.6) is 0 Å². The molecule has 1 saturated heterocycles. The second kappa shape index (κ2) is 6.43. The van der Waals surface area contributed by atoms with Gasteiger partial charge in [0.05, 0.1) is 5.92 Å². The summed E-state index contributed by atoms with van der Waals surface area (Å²) >= 11 is 11.6. The molecule has 26 heavy (non-hydrogen) atoms. The van der Waals surface area contributed by atoms with Gasteiger partial charge < -0.3 is 14.2 Å². The number of oxazole rings is 1. The van der Waals surface area contributed by atoms with Crippen LogP contribution in [0.4, 0.5) is 6.01 Å². The molecule has 2 aromatic heterocycles. The molecular formula is C18H20Cl2N4O2. The quantitative estimate of drug-likeness (QED) is 0.797. The molecule has 8 heteroatoms. The second-order valence-corrected chi connectivity index (χ2v) is 8.43. The highest BCUT2D eigenvalue weighted by Gasteiger charge is 2.61. The molecule has 4 rings (SSSR count). The molecule has 3 heterocycles. The summed E-state index contributed by atoms with van der Waals surface area (Å²) in [5, 5.41) is 0. The van der Waals surface area contributed by atoms with Crippen molar-refractivity contribution >= 4 is 46.4 Å². The Morgan fingerprint density at radius 1 is 1.31 bits per heavy atom. The van der Waals surface area contributed by atoms with E-state index in [2.05, 4.69) is 28.7 Å². The van der Waals surface area contributed by atoms with E-state index in [4.69, 9.17) is 27.6 Å². The fourth-order valence-corrected chi connectivity index (χ4v) is 4.08. The molecule has 2 fully saturated rings. The Kier molecular flexibility index (Phi) is 4.35. The molecule has 0 aromatic carbocycles. The van der Waals surface area contributed by atoms with Crippen molar-refractivity contribution in [2.75, 3.05) is 31.1 Å². The maximum Gasteiger partial charge on any atom is 0.299 e. The van der Waals surface area contributed by atoms with Crippen LogP contribution in [0.25, 0.3) is 11.2 Å². The Bertz CT molecular complexity index is 834. The van der Waals surface area contributed by atoms with Crippen LogP contribution in [-0.4, -0.2) is 47.0 Å². The number of hydrogen-bond donors (Lipinski definition) is 0. The number of fused-ring (bicyclic) bond motifs is 1. The van der Waals surface area contributed by atoms with Gasteiger partial charge >= 0.3 is 0 Å². The first-order chi connectivity index (χ1) is 12.4. The van der Waals surface area contributed by atoms with E-state index < -0.39 is 0 Å². The first kappa shape index (κ1) is 17.6. The average Bonchev–Trinajstić information content (AvgIpc) is 2.96. The predicted octanol–water partition coefficient (Wildman–Crippen LogP) is 3.46. The number of rotatable bonds is 3. The normalized spacial score (nSPS) is 24.6. The van der Waals surface area contributed by atoms with Crippen LogP contribution in [0, 0.1) is 17.3 Å². The van der Waals surface area contributed by atoms with Gasteiger partial charge in [-0.25, -0.2) is 4.98 Å². The van der Waals surface area contributed by atoms with E-state index in [9.17, 15) is 4.79 Å². The topological polar surface area (TPSA) is 62.5 Å². The summed E-state index contributed by atoms with van der Waals surface area (Å²) in [6.07, 6.45) is 3.47. The monoisotopic (exact) mass is 394 g/mol. The fourth-order valence-electron chi connectivity index (χ4n) is 3.80. The summed E-state index contributed by atoms with van der Waals surface area (Å²) in [7, 11) is 0. The molecule has 1 saturated carbocycles. The third-order valence-corrected chi connectivity index (χ3v) is 5.75. The molecule has 0 N–H and O–H groups in total. The van der Waals surface area contributed by atoms with Crippen LogP contribution in [0.2, 0.25) is 0 Å². The van der Waals surface area contributed by atoms with E-state index in [1.54, 1.807) is 12.3 Å². The lowest BCUT2D eigenvalue weighted by Crippen LogP contribution is -2.49. The molecule has 6 nitrogen and oxygen atoms in total. The Morgan fingerprint density at radius 2 is 2.04 bits per heavy atom. The van der Waals surface area contributed by atoms with Gasteiger partial charge in [-0.1, -0.05) is 37.0 Å². The number of allylic oxidation sites excluding steroid dienone is 1. The zero-order chi connectivity index (χ0) is 18.5. The Morgan fingerprint density at radius 3 is 2.69 bits per heavy atom. The van der Waals surface area contributed by atoms with Crippen LogP contribution in [0.3, 0.4) is 0 Å². The summed E-state index contributed by atoms with van der Waals surface area (Å²) < 4.78 is 5.95. The number of hydrogen-bond acceptors (Lipinski definition) is 5. The highest BCUT2D eigenvalue weighted by atomic mass is 35.5. The predicted molar refractivity (Wildman–Crippen MR) is 101 cm³/mol. The van der Waals surface area contributed by atoms with Gasteiger partial charge in [0.15, 0.2) is 0 Å². The Balaban J connectivity index is 1.40. The molecule has 2 aromatic rings. The van der Waals surface area contributed by atoms with Gasteiger partial charge in [-0.3, -0.25) is 4.79 Å². The van der Waals surface area contributed by atoms with Crippen molar-refractivity contribution in [1.82, 2.24) is 14.9 Å². The number of nitrogens with zero attached hydrogens (tertiary/aromatic N) is 4. The summed E-state index contributed by atoms with van der Waals surface area (Å²) in [4.78, 5) is 25.5. The van der Waals surface area contributed by atoms with Gasteiger partial charge in [-0.05, 0) is 29.5 Å². The first-order valence-corrected chi connectivity index (χ1v) is 9.41. The Hall–Kier alpha value is -1.79. The zero-order valence-corrected chi connectivity index (χ0v) is 16.2. The van der Waals surface area contributed by atoms with Gasteiger partial charge in [-0.15, -0.1) is 0 Å². The van der Waals surface area contributed by atoms with Gasteiger partial charge in [0.2, 0.25) is 11.6 Å². The average molecular weight is 395 g/mol. The van der Waals surface area contributed by atoms with Crippen LogP contribution in [0.15, 0.2) is 33.3 Å². The van der Waals surface area contributed by atoms with Crippen molar-refractivity contribution in [3.8, 4) is 0 Å². The van der Waals surface area contributed by atoms with Crippen LogP contribution in [-0.2, 0) is 4.79 Å². The minimum absolute atomic E-state index is 0.0601. The minimum Gasteiger partial charge on any atom is -0.404 e. The molecule has 1 aliphatic heterocycles. The SMILES string of the molecule is CC1(C)[C@H](C(=O)N2CCN(c3nc4cccnc4o3)CC2)[C@@H]1C=C(Cl)Cl. The molecule has 0 unspecified atom stereocenters. The molecule has 0 bridgehead atoms. The van der Waals surface area contributed by atoms with Gasteiger partial charge in [0.25, 0.3) is 6.01 Å². The molecule has 1 aliphatic carbocycles. The number of pyridine rings is 1. The molecular weight excluding hydrogens is 375 g/mol. The van der Waals surface area contributed by atoms with Crippen molar-refractivity contribution in [3.63, 3.8) is 0 Å². The van der Waals surface area contributed by atoms with Crippen LogP contribution >= 0.6 is 23.2 Å². The van der Waals surface area contributed by atoms with E-state index >= 15 is 0 Å². The van der Waals surface area contributed by atoms with E-state index in [1.807, 2.05) is 17.0 Å². The molecule has 0 radical (unpaired) electrons. The second-order valence-electron chi connectivity index (χ2n) is 7.42. The Labute approximate surface area is 161 Å². The van der Waals surface area contributed by atoms with Crippen molar-refractivity contribution < 1.29 is 9.21 Å². The van der Waals surface area contributed by atoms with Crippen molar-refractivity contribution in [2.24, 2.45) is 17.3 Å². The number of amides is 1. The van der Waals surface area contributed by atoms with Crippen molar-refractivity contribution in [3.05, 3.63) is 28.9 Å². The van der Waals surface area contributed by atoms with Crippen molar-refractivity contribution in [2.45, 2.75) is 13.8 Å². The smallest absolute Gasteiger partial charge is 0.299 e. The zero-order valence-electron chi connectivity index (χ0n) is 14.7. The largest absolute Gasteiger partial charge is 0.404 e. The third kappa shape index (κ3) is 3.05. The van der Waals surface area contributed by atoms with E-state index in [0.717, 1.165) is 5.52 Å². The molecule has 2 aliphatic rings. The molecule has 2 atom stereocenters. The van der Waals surface area contributed by atoms with Crippen LogP contribution < -0.4 is 4.90 Å². The number of anilines is 1. The molecule has 1 amide bonds. The van der Waals surface area contributed by atoms with Crippen molar-refractivity contribution in [1.29, 1.82) is 0 Å². The van der Waals surface area contributed by atoms with Gasteiger partial charge in [0, 0.05) is 32.4 Å². The first-order valence-electron chi connectivity index (χ1n) is 8.66. The summed E-state index contributed by atoms with van der Waals surface area (Å²) in [5.41, 5.74) is 1.18. The fraction of sp³-hybridized carbons (Fsp3) is 0.500. The number of piperazine rings is 1. The highest BCUT2D eigenvalue weighted by molar-refractivity contribution is 6.55. The van der Waals surface area contributed by atoms with E-state index in [-0.39, 0.29) is 27.6 Å². The lowest BCUT2D eigenvalue weighted by Gasteiger charge is -2.34. The third-order valence-electron chi connectivity index (χ3n) is 5.50. The maximum atomic E-state index is 12.9. The maximum absolute atomic E-state index is 12.9. The van der Waals surface area contributed by atoms with Gasteiger partial charge in [-0.2, -0.15) is 4.98 Å². The molecule has 138 valence electrons. The summed E-state index contributed by atoms with van der Waals surface area (Å²) in [5.74, 6) is 0.209. The highest BCUT2D eigenvalue weighted by Crippen LogP contribution is 2.60. The number of carbonyl (C=O) groups is 1. The standard InChI is InChI=1S/C18H20Cl2N4O2/c1-18(2)11(10-13(19)20)14(18)16(25)23-6-8-24(9-7-23)17-22-12-4-3-5-21-15(12)26-17/h3-5,10-11,14H,6-9H2,1-2H3/t11-,14-/m0/s1. The molecule has 0 spiro atoms. The summed E-state index contributed by atoms with van der Waals surface area (Å²) in [6.45, 7) is 6.81. The number of aromatic nitrogens is 2. The van der Waals surface area contributed by atoms with Gasteiger partial charge in [0.1, 0.15) is 10.0 Å². The lowest BCUT2D eigenvalue weighted by molar-refractivity contribution is -0.133. The minimum atomic E-state index is -0.102. The summed E-state index contributed by atoms with van der Waals surface area (Å²) in [6, 6.07) is 4.27. The lowest BCUT2D eigenvalue weighted by atomic mass is 10.1. The number of carbonyl (C=O) groups excluding carboxylic acids is 1. The van der Waals surface area contributed by atoms with E-state index in [1.165, 1.54) is 0 Å². The number of halogens is 2.